The van der Waals surface area contributed by atoms with Crippen LogP contribution in [0.25, 0.3) is 0 Å². The lowest BCUT2D eigenvalue weighted by Crippen LogP contribution is -2.24. The van der Waals surface area contributed by atoms with Gasteiger partial charge in [-0.3, -0.25) is 4.98 Å². The Labute approximate surface area is 87.0 Å². The SMILES string of the molecule is CCN(CC)CCCc1cccnc1. The molecule has 0 aliphatic rings. The zero-order valence-electron chi connectivity index (χ0n) is 9.24. The molecule has 1 heterocycles. The molecule has 1 rings (SSSR count). The van der Waals surface area contributed by atoms with E-state index in [4.69, 9.17) is 0 Å². The zero-order chi connectivity index (χ0) is 10.2. The molecule has 0 N–H and O–H groups in total. The molecule has 0 amide bonds. The lowest BCUT2D eigenvalue weighted by Gasteiger charge is -2.17. The summed E-state index contributed by atoms with van der Waals surface area (Å²) in [6, 6.07) is 4.15. The molecule has 2 nitrogen and oxygen atoms in total. The minimum absolute atomic E-state index is 1.14. The summed E-state index contributed by atoms with van der Waals surface area (Å²) in [5.41, 5.74) is 1.35. The predicted molar refractivity (Wildman–Crippen MR) is 60.3 cm³/mol. The van der Waals surface area contributed by atoms with E-state index in [-0.39, 0.29) is 0 Å². The Morgan fingerprint density at radius 3 is 2.64 bits per heavy atom. The molecule has 1 aromatic heterocycles. The Balaban J connectivity index is 2.21. The molecular formula is C12H20N2. The average Bonchev–Trinajstić information content (AvgIpc) is 2.26. The highest BCUT2D eigenvalue weighted by Gasteiger charge is 1.98. The number of nitrogens with zero attached hydrogens (tertiary/aromatic N) is 2. The maximum Gasteiger partial charge on any atom is 0.0299 e. The number of hydrogen-bond acceptors (Lipinski definition) is 2. The normalized spacial score (nSPS) is 10.8. The highest BCUT2D eigenvalue weighted by Crippen LogP contribution is 2.01. The van der Waals surface area contributed by atoms with Crippen LogP contribution in [0, 0.1) is 0 Å². The third kappa shape index (κ3) is 3.88. The molecule has 0 aliphatic carbocycles. The second-order valence-corrected chi connectivity index (χ2v) is 3.49. The lowest BCUT2D eigenvalue weighted by atomic mass is 10.1. The second-order valence-electron chi connectivity index (χ2n) is 3.49. The smallest absolute Gasteiger partial charge is 0.0299 e. The number of aryl methyl sites for hydroxylation is 1. The van der Waals surface area contributed by atoms with Gasteiger partial charge in [0, 0.05) is 12.4 Å². The van der Waals surface area contributed by atoms with Crippen molar-refractivity contribution in [3.63, 3.8) is 0 Å². The summed E-state index contributed by atoms with van der Waals surface area (Å²) < 4.78 is 0. The topological polar surface area (TPSA) is 16.1 Å². The molecule has 0 saturated carbocycles. The van der Waals surface area contributed by atoms with Gasteiger partial charge in [-0.05, 0) is 44.1 Å². The predicted octanol–water partition coefficient (Wildman–Crippen LogP) is 2.36. The van der Waals surface area contributed by atoms with E-state index in [0.29, 0.717) is 0 Å². The third-order valence-corrected chi connectivity index (χ3v) is 2.56. The Bertz CT molecular complexity index is 229. The highest BCUT2D eigenvalue weighted by atomic mass is 15.1. The van der Waals surface area contributed by atoms with Gasteiger partial charge in [0.1, 0.15) is 0 Å². The van der Waals surface area contributed by atoms with Gasteiger partial charge >= 0.3 is 0 Å². The van der Waals surface area contributed by atoms with Gasteiger partial charge in [0.25, 0.3) is 0 Å². The Morgan fingerprint density at radius 1 is 1.29 bits per heavy atom. The summed E-state index contributed by atoms with van der Waals surface area (Å²) >= 11 is 0. The van der Waals surface area contributed by atoms with Crippen LogP contribution in [0.4, 0.5) is 0 Å². The van der Waals surface area contributed by atoms with Gasteiger partial charge in [0.2, 0.25) is 0 Å². The van der Waals surface area contributed by atoms with Crippen molar-refractivity contribution in [2.45, 2.75) is 26.7 Å². The van der Waals surface area contributed by atoms with Crippen LogP contribution < -0.4 is 0 Å². The molecule has 0 radical (unpaired) electrons. The molecule has 14 heavy (non-hydrogen) atoms. The van der Waals surface area contributed by atoms with Crippen LogP contribution >= 0.6 is 0 Å². The Morgan fingerprint density at radius 2 is 2.07 bits per heavy atom. The van der Waals surface area contributed by atoms with Crippen molar-refractivity contribution in [1.29, 1.82) is 0 Å². The first-order chi connectivity index (χ1) is 6.86. The van der Waals surface area contributed by atoms with Crippen LogP contribution in [0.3, 0.4) is 0 Å². The quantitative estimate of drug-likeness (QED) is 0.688. The number of rotatable bonds is 6. The molecule has 78 valence electrons. The molecule has 0 unspecified atom stereocenters. The van der Waals surface area contributed by atoms with Gasteiger partial charge in [0.15, 0.2) is 0 Å². The maximum absolute atomic E-state index is 4.11. The maximum atomic E-state index is 4.11. The van der Waals surface area contributed by atoms with E-state index in [1.54, 1.807) is 0 Å². The fraction of sp³-hybridized carbons (Fsp3) is 0.583. The van der Waals surface area contributed by atoms with Gasteiger partial charge in [0.05, 0.1) is 0 Å². The summed E-state index contributed by atoms with van der Waals surface area (Å²) in [7, 11) is 0. The summed E-state index contributed by atoms with van der Waals surface area (Å²) in [6.07, 6.45) is 6.16. The highest BCUT2D eigenvalue weighted by molar-refractivity contribution is 5.08. The monoisotopic (exact) mass is 192 g/mol. The zero-order valence-corrected chi connectivity index (χ0v) is 9.24. The lowest BCUT2D eigenvalue weighted by molar-refractivity contribution is 0.300. The number of pyridine rings is 1. The van der Waals surface area contributed by atoms with Crippen molar-refractivity contribution < 1.29 is 0 Å². The summed E-state index contributed by atoms with van der Waals surface area (Å²) in [6.45, 7) is 7.94. The van der Waals surface area contributed by atoms with E-state index in [2.05, 4.69) is 29.8 Å². The molecule has 0 bridgehead atoms. The molecule has 0 spiro atoms. The van der Waals surface area contributed by atoms with Crippen LogP contribution in [0.15, 0.2) is 24.5 Å². The van der Waals surface area contributed by atoms with Crippen molar-refractivity contribution in [2.75, 3.05) is 19.6 Å². The van der Waals surface area contributed by atoms with E-state index < -0.39 is 0 Å². The van der Waals surface area contributed by atoms with Gasteiger partial charge < -0.3 is 4.90 Å². The fourth-order valence-electron chi connectivity index (χ4n) is 1.59. The van der Waals surface area contributed by atoms with Gasteiger partial charge in [-0.25, -0.2) is 0 Å². The van der Waals surface area contributed by atoms with Crippen LogP contribution in [-0.2, 0) is 6.42 Å². The van der Waals surface area contributed by atoms with Crippen LogP contribution in [0.1, 0.15) is 25.8 Å². The minimum Gasteiger partial charge on any atom is -0.304 e. The van der Waals surface area contributed by atoms with E-state index in [0.717, 1.165) is 19.5 Å². The molecule has 0 saturated heterocycles. The summed E-state index contributed by atoms with van der Waals surface area (Å²) in [5, 5.41) is 0. The first-order valence-corrected chi connectivity index (χ1v) is 5.48. The Hall–Kier alpha value is -0.890. The van der Waals surface area contributed by atoms with Gasteiger partial charge in [-0.2, -0.15) is 0 Å². The van der Waals surface area contributed by atoms with Crippen molar-refractivity contribution in [3.05, 3.63) is 30.1 Å². The number of aromatic nitrogens is 1. The van der Waals surface area contributed by atoms with E-state index >= 15 is 0 Å². The van der Waals surface area contributed by atoms with Crippen molar-refractivity contribution in [2.24, 2.45) is 0 Å². The van der Waals surface area contributed by atoms with Gasteiger partial charge in [-0.1, -0.05) is 19.9 Å². The fourth-order valence-corrected chi connectivity index (χ4v) is 1.59. The molecule has 0 aromatic carbocycles. The molecule has 0 aliphatic heterocycles. The second kappa shape index (κ2) is 6.55. The molecule has 0 fully saturated rings. The Kier molecular flexibility index (Phi) is 5.23. The average molecular weight is 192 g/mol. The van der Waals surface area contributed by atoms with Crippen LogP contribution in [0.5, 0.6) is 0 Å². The number of hydrogen-bond donors (Lipinski definition) is 0. The van der Waals surface area contributed by atoms with Crippen molar-refractivity contribution >= 4 is 0 Å². The van der Waals surface area contributed by atoms with Crippen molar-refractivity contribution in [3.8, 4) is 0 Å². The van der Waals surface area contributed by atoms with E-state index in [1.165, 1.54) is 18.5 Å². The largest absolute Gasteiger partial charge is 0.304 e. The van der Waals surface area contributed by atoms with Crippen molar-refractivity contribution in [1.82, 2.24) is 9.88 Å². The molecule has 1 aromatic rings. The first kappa shape index (κ1) is 11.2. The van der Waals surface area contributed by atoms with Crippen LogP contribution in [0.2, 0.25) is 0 Å². The van der Waals surface area contributed by atoms with E-state index in [9.17, 15) is 0 Å². The standard InChI is InChI=1S/C12H20N2/c1-3-14(4-2)10-6-8-12-7-5-9-13-11-12/h5,7,9,11H,3-4,6,8,10H2,1-2H3. The minimum atomic E-state index is 1.14. The third-order valence-electron chi connectivity index (χ3n) is 2.56. The molecular weight excluding hydrogens is 172 g/mol. The van der Waals surface area contributed by atoms with E-state index in [1.807, 2.05) is 18.5 Å². The van der Waals surface area contributed by atoms with Crippen LogP contribution in [-0.4, -0.2) is 29.5 Å². The van der Waals surface area contributed by atoms with Gasteiger partial charge in [-0.15, -0.1) is 0 Å². The first-order valence-electron chi connectivity index (χ1n) is 5.48. The summed E-state index contributed by atoms with van der Waals surface area (Å²) in [4.78, 5) is 6.56. The molecule has 0 atom stereocenters. The molecule has 2 heteroatoms. The summed E-state index contributed by atoms with van der Waals surface area (Å²) in [5.74, 6) is 0.